The Morgan fingerprint density at radius 3 is 2.29 bits per heavy atom. The lowest BCUT2D eigenvalue weighted by molar-refractivity contribution is 0.101. The first kappa shape index (κ1) is 12.6. The number of rotatable bonds is 2. The first-order valence-electron chi connectivity index (χ1n) is 4.53. The zero-order chi connectivity index (χ0) is 11.1. The van der Waals surface area contributed by atoms with Gasteiger partial charge in [-0.05, 0) is 13.8 Å². The fraction of sp³-hybridized carbons (Fsp3) is 0.500. The Kier molecular flexibility index (Phi) is 5.44. The van der Waals surface area contributed by atoms with Crippen LogP contribution in [0.5, 0.6) is 5.88 Å². The van der Waals surface area contributed by atoms with E-state index < -0.39 is 0 Å². The van der Waals surface area contributed by atoms with Crippen LogP contribution in [0.25, 0.3) is 0 Å². The number of hydrogen-bond acceptors (Lipinski definition) is 4. The van der Waals surface area contributed by atoms with Crippen molar-refractivity contribution in [2.24, 2.45) is 0 Å². The summed E-state index contributed by atoms with van der Waals surface area (Å²) in [6.45, 7) is 7.22. The summed E-state index contributed by atoms with van der Waals surface area (Å²) in [5.41, 5.74) is 1.11. The predicted octanol–water partition coefficient (Wildman–Crippen LogP) is 2.02. The highest BCUT2D eigenvalue weighted by Gasteiger charge is 2.12. The van der Waals surface area contributed by atoms with Gasteiger partial charge in [0, 0.05) is 0 Å². The van der Waals surface area contributed by atoms with Crippen molar-refractivity contribution in [3.8, 4) is 5.88 Å². The predicted molar refractivity (Wildman–Crippen MR) is 54.7 cm³/mol. The van der Waals surface area contributed by atoms with Gasteiger partial charge < -0.3 is 4.74 Å². The second-order valence-electron chi connectivity index (χ2n) is 2.40. The molecule has 1 aromatic rings. The Morgan fingerprint density at radius 1 is 1.36 bits per heavy atom. The van der Waals surface area contributed by atoms with Crippen LogP contribution in [0.3, 0.4) is 0 Å². The normalized spacial score (nSPS) is 8.64. The number of aromatic nitrogens is 2. The maximum atomic E-state index is 11.1. The molecule has 0 spiro atoms. The molecule has 0 aliphatic rings. The van der Waals surface area contributed by atoms with Gasteiger partial charge in [-0.1, -0.05) is 13.8 Å². The molecule has 78 valence electrons. The summed E-state index contributed by atoms with van der Waals surface area (Å²) in [4.78, 5) is 18.8. The van der Waals surface area contributed by atoms with E-state index >= 15 is 0 Å². The molecule has 0 saturated heterocycles. The monoisotopic (exact) mass is 196 g/mol. The summed E-state index contributed by atoms with van der Waals surface area (Å²) in [7, 11) is 1.48. The highest BCUT2D eigenvalue weighted by atomic mass is 16.5. The van der Waals surface area contributed by atoms with Crippen LogP contribution in [0, 0.1) is 6.92 Å². The van der Waals surface area contributed by atoms with Gasteiger partial charge in [0.1, 0.15) is 11.9 Å². The number of nitrogens with zero attached hydrogens (tertiary/aromatic N) is 2. The second kappa shape index (κ2) is 6.07. The molecule has 0 unspecified atom stereocenters. The molecular formula is C10H16N2O2. The number of hydrogen-bond donors (Lipinski definition) is 0. The van der Waals surface area contributed by atoms with Crippen LogP contribution >= 0.6 is 0 Å². The summed E-state index contributed by atoms with van der Waals surface area (Å²) >= 11 is 0. The first-order chi connectivity index (χ1) is 6.66. The van der Waals surface area contributed by atoms with Crippen molar-refractivity contribution < 1.29 is 9.53 Å². The zero-order valence-corrected chi connectivity index (χ0v) is 9.29. The van der Waals surface area contributed by atoms with Crippen LogP contribution in [0.1, 0.15) is 36.8 Å². The molecular weight excluding hydrogens is 180 g/mol. The molecule has 1 aromatic heterocycles. The summed E-state index contributed by atoms with van der Waals surface area (Å²) in [5, 5.41) is 0. The summed E-state index contributed by atoms with van der Waals surface area (Å²) in [5.74, 6) is 0.264. The molecule has 0 bridgehead atoms. The number of carbonyl (C=O) groups excluding carboxylic acids is 1. The average Bonchev–Trinajstić information content (AvgIpc) is 2.19. The summed E-state index contributed by atoms with van der Waals surface area (Å²) in [6, 6.07) is 0. The van der Waals surface area contributed by atoms with E-state index in [0.717, 1.165) is 0 Å². The third kappa shape index (κ3) is 2.80. The molecule has 0 fully saturated rings. The Morgan fingerprint density at radius 2 is 1.93 bits per heavy atom. The zero-order valence-electron chi connectivity index (χ0n) is 9.29. The van der Waals surface area contributed by atoms with Crippen LogP contribution in [-0.4, -0.2) is 22.9 Å². The Hall–Kier alpha value is -1.45. The fourth-order valence-electron chi connectivity index (χ4n) is 1.01. The topological polar surface area (TPSA) is 52.1 Å². The molecule has 0 aliphatic carbocycles. The minimum absolute atomic E-state index is 0.0787. The Balaban J connectivity index is 0.000000791. The smallest absolute Gasteiger partial charge is 0.227 e. The van der Waals surface area contributed by atoms with Crippen molar-refractivity contribution in [3.05, 3.63) is 17.6 Å². The molecule has 0 saturated carbocycles. The van der Waals surface area contributed by atoms with E-state index in [2.05, 4.69) is 9.97 Å². The van der Waals surface area contributed by atoms with Gasteiger partial charge in [0.25, 0.3) is 0 Å². The molecule has 0 aliphatic heterocycles. The van der Waals surface area contributed by atoms with Gasteiger partial charge in [-0.3, -0.25) is 4.79 Å². The van der Waals surface area contributed by atoms with Gasteiger partial charge in [0.15, 0.2) is 5.78 Å². The lowest BCUT2D eigenvalue weighted by Gasteiger charge is -2.04. The number of ether oxygens (including phenoxy) is 1. The Labute approximate surface area is 84.3 Å². The van der Waals surface area contributed by atoms with Crippen molar-refractivity contribution in [3.63, 3.8) is 0 Å². The number of carbonyl (C=O) groups is 1. The standard InChI is InChI=1S/C8H10N2O2.C2H6/c1-5-7(6(2)11)8(12-3)10-4-9-5;1-2/h4H,1-3H3;1-2H3. The third-order valence-electron chi connectivity index (χ3n) is 1.55. The number of methoxy groups -OCH3 is 1. The van der Waals surface area contributed by atoms with E-state index in [1.165, 1.54) is 20.4 Å². The van der Waals surface area contributed by atoms with E-state index in [-0.39, 0.29) is 5.78 Å². The van der Waals surface area contributed by atoms with E-state index in [9.17, 15) is 4.79 Å². The molecule has 0 amide bonds. The number of ketones is 1. The van der Waals surface area contributed by atoms with Gasteiger partial charge in [0.2, 0.25) is 5.88 Å². The van der Waals surface area contributed by atoms with E-state index in [1.54, 1.807) is 6.92 Å². The van der Waals surface area contributed by atoms with E-state index in [0.29, 0.717) is 17.1 Å². The summed E-state index contributed by atoms with van der Waals surface area (Å²) < 4.78 is 4.92. The number of aryl methyl sites for hydroxylation is 1. The molecule has 0 aromatic carbocycles. The molecule has 1 heterocycles. The van der Waals surface area contributed by atoms with Crippen molar-refractivity contribution >= 4 is 5.78 Å². The van der Waals surface area contributed by atoms with Gasteiger partial charge in [-0.25, -0.2) is 9.97 Å². The quantitative estimate of drug-likeness (QED) is 0.679. The van der Waals surface area contributed by atoms with Crippen molar-refractivity contribution in [1.29, 1.82) is 0 Å². The average molecular weight is 196 g/mol. The van der Waals surface area contributed by atoms with Crippen LogP contribution in [0.15, 0.2) is 6.33 Å². The van der Waals surface area contributed by atoms with E-state index in [4.69, 9.17) is 4.74 Å². The highest BCUT2D eigenvalue weighted by molar-refractivity contribution is 5.97. The van der Waals surface area contributed by atoms with Crippen LogP contribution < -0.4 is 4.74 Å². The van der Waals surface area contributed by atoms with Crippen LogP contribution in [0.2, 0.25) is 0 Å². The summed E-state index contributed by atoms with van der Waals surface area (Å²) in [6.07, 6.45) is 1.38. The van der Waals surface area contributed by atoms with Crippen molar-refractivity contribution in [1.82, 2.24) is 9.97 Å². The molecule has 14 heavy (non-hydrogen) atoms. The SMILES string of the molecule is CC.COc1ncnc(C)c1C(C)=O. The maximum Gasteiger partial charge on any atom is 0.227 e. The fourth-order valence-corrected chi connectivity index (χ4v) is 1.01. The molecule has 0 radical (unpaired) electrons. The van der Waals surface area contributed by atoms with Gasteiger partial charge >= 0.3 is 0 Å². The molecule has 0 N–H and O–H groups in total. The molecule has 4 nitrogen and oxygen atoms in total. The second-order valence-corrected chi connectivity index (χ2v) is 2.40. The third-order valence-corrected chi connectivity index (χ3v) is 1.55. The first-order valence-corrected chi connectivity index (χ1v) is 4.53. The minimum Gasteiger partial charge on any atom is -0.480 e. The van der Waals surface area contributed by atoms with Crippen LogP contribution in [-0.2, 0) is 0 Å². The number of Topliss-reactive ketones (excluding diaryl/α,β-unsaturated/α-hetero) is 1. The van der Waals surface area contributed by atoms with E-state index in [1.807, 2.05) is 13.8 Å². The van der Waals surface area contributed by atoms with Crippen molar-refractivity contribution in [2.45, 2.75) is 27.7 Å². The molecule has 0 atom stereocenters. The minimum atomic E-state index is -0.0787. The molecule has 1 rings (SSSR count). The highest BCUT2D eigenvalue weighted by Crippen LogP contribution is 2.16. The Bertz CT molecular complexity index is 311. The molecule has 4 heteroatoms. The van der Waals surface area contributed by atoms with Crippen molar-refractivity contribution in [2.75, 3.05) is 7.11 Å². The van der Waals surface area contributed by atoms with Gasteiger partial charge in [0.05, 0.1) is 12.8 Å². The lowest BCUT2D eigenvalue weighted by Crippen LogP contribution is -2.04. The lowest BCUT2D eigenvalue weighted by atomic mass is 10.2. The largest absolute Gasteiger partial charge is 0.480 e. The van der Waals surface area contributed by atoms with Gasteiger partial charge in [-0.2, -0.15) is 0 Å². The maximum absolute atomic E-state index is 11.1. The van der Waals surface area contributed by atoms with Crippen LogP contribution in [0.4, 0.5) is 0 Å². The van der Waals surface area contributed by atoms with Gasteiger partial charge in [-0.15, -0.1) is 0 Å².